The lowest BCUT2D eigenvalue weighted by Gasteiger charge is -1.98. The van der Waals surface area contributed by atoms with Gasteiger partial charge in [0.25, 0.3) is 5.89 Å². The Balaban J connectivity index is 2.32. The molecule has 5 nitrogen and oxygen atoms in total. The lowest BCUT2D eigenvalue weighted by Crippen LogP contribution is -2.10. The minimum absolute atomic E-state index is 0.121. The number of hydrogen-bond acceptors (Lipinski definition) is 6. The highest BCUT2D eigenvalue weighted by atomic mass is 32.1. The maximum Gasteiger partial charge on any atom is 0.269 e. The van der Waals surface area contributed by atoms with Crippen molar-refractivity contribution < 1.29 is 4.52 Å². The molecule has 1 atom stereocenters. The summed E-state index contributed by atoms with van der Waals surface area (Å²) in [6, 6.07) is 0. The van der Waals surface area contributed by atoms with Crippen LogP contribution in [0.4, 0.5) is 0 Å². The second-order valence-electron chi connectivity index (χ2n) is 3.36. The van der Waals surface area contributed by atoms with Gasteiger partial charge >= 0.3 is 0 Å². The van der Waals surface area contributed by atoms with E-state index < -0.39 is 0 Å². The van der Waals surface area contributed by atoms with E-state index in [9.17, 15) is 0 Å². The Kier molecular flexibility index (Phi) is 2.79. The van der Waals surface area contributed by atoms with Gasteiger partial charge in [0.1, 0.15) is 4.88 Å². The Morgan fingerprint density at radius 2 is 2.40 bits per heavy atom. The van der Waals surface area contributed by atoms with Crippen molar-refractivity contribution >= 4 is 11.3 Å². The molecule has 0 fully saturated rings. The van der Waals surface area contributed by atoms with E-state index >= 15 is 0 Å². The molecule has 0 saturated heterocycles. The first-order valence-electron chi connectivity index (χ1n) is 4.66. The van der Waals surface area contributed by atoms with Crippen molar-refractivity contribution in [3.63, 3.8) is 0 Å². The maximum absolute atomic E-state index is 5.53. The van der Waals surface area contributed by atoms with Gasteiger partial charge in [-0.05, 0) is 6.92 Å². The van der Waals surface area contributed by atoms with E-state index in [0.717, 1.165) is 10.6 Å². The summed E-state index contributed by atoms with van der Waals surface area (Å²) >= 11 is 1.50. The third-order valence-electron chi connectivity index (χ3n) is 2.18. The van der Waals surface area contributed by atoms with Crippen LogP contribution >= 0.6 is 11.3 Å². The number of thiazole rings is 1. The molecule has 0 spiro atoms. The highest BCUT2D eigenvalue weighted by Gasteiger charge is 2.16. The first-order valence-corrected chi connectivity index (χ1v) is 5.54. The topological polar surface area (TPSA) is 77.8 Å². The first-order chi connectivity index (χ1) is 7.22. The van der Waals surface area contributed by atoms with Gasteiger partial charge in [-0.1, -0.05) is 12.1 Å². The zero-order valence-corrected chi connectivity index (χ0v) is 9.41. The molecule has 0 radical (unpaired) electrons. The fourth-order valence-corrected chi connectivity index (χ4v) is 1.86. The van der Waals surface area contributed by atoms with E-state index in [1.165, 1.54) is 11.3 Å². The van der Waals surface area contributed by atoms with Crippen molar-refractivity contribution in [1.29, 1.82) is 0 Å². The molecule has 1 unspecified atom stereocenters. The van der Waals surface area contributed by atoms with E-state index in [1.54, 1.807) is 5.51 Å². The quantitative estimate of drug-likeness (QED) is 0.856. The number of aromatic nitrogens is 3. The Labute approximate surface area is 91.3 Å². The number of aryl methyl sites for hydroxylation is 1. The smallest absolute Gasteiger partial charge is 0.269 e. The lowest BCUT2D eigenvalue weighted by molar-refractivity contribution is 0.418. The van der Waals surface area contributed by atoms with Crippen LogP contribution < -0.4 is 5.73 Å². The summed E-state index contributed by atoms with van der Waals surface area (Å²) in [4.78, 5) is 9.36. The standard InChI is InChI=1S/C9H12N4OS/c1-5(3-10)8-12-9(14-13-8)7-6(2)11-4-15-7/h4-5H,3,10H2,1-2H3. The van der Waals surface area contributed by atoms with Gasteiger partial charge in [-0.3, -0.25) is 0 Å². The summed E-state index contributed by atoms with van der Waals surface area (Å²) in [7, 11) is 0. The number of nitrogens with two attached hydrogens (primary N) is 1. The molecule has 2 aromatic rings. The molecule has 6 heteroatoms. The molecule has 2 N–H and O–H groups in total. The van der Waals surface area contributed by atoms with Crippen molar-refractivity contribution in [3.05, 3.63) is 17.0 Å². The Hall–Kier alpha value is -1.27. The lowest BCUT2D eigenvalue weighted by atomic mass is 10.2. The van der Waals surface area contributed by atoms with Crippen molar-refractivity contribution in [2.24, 2.45) is 5.73 Å². The highest BCUT2D eigenvalue weighted by Crippen LogP contribution is 2.26. The van der Waals surface area contributed by atoms with Crippen molar-refractivity contribution in [1.82, 2.24) is 15.1 Å². The minimum Gasteiger partial charge on any atom is -0.333 e. The predicted molar refractivity (Wildman–Crippen MR) is 57.6 cm³/mol. The molecule has 2 heterocycles. The van der Waals surface area contributed by atoms with Gasteiger partial charge in [0, 0.05) is 12.5 Å². The fraction of sp³-hybridized carbons (Fsp3) is 0.444. The Morgan fingerprint density at radius 3 is 3.00 bits per heavy atom. The van der Waals surface area contributed by atoms with Crippen LogP contribution in [0.1, 0.15) is 24.4 Å². The molecule has 80 valence electrons. The molecular weight excluding hydrogens is 212 g/mol. The summed E-state index contributed by atoms with van der Waals surface area (Å²) in [5, 5.41) is 3.90. The van der Waals surface area contributed by atoms with E-state index in [-0.39, 0.29) is 5.92 Å². The number of rotatable bonds is 3. The van der Waals surface area contributed by atoms with Crippen LogP contribution in [0, 0.1) is 6.92 Å². The van der Waals surface area contributed by atoms with Crippen LogP contribution in [-0.2, 0) is 0 Å². The number of hydrogen-bond donors (Lipinski definition) is 1. The summed E-state index contributed by atoms with van der Waals surface area (Å²) in [6.45, 7) is 4.40. The Morgan fingerprint density at radius 1 is 1.60 bits per heavy atom. The van der Waals surface area contributed by atoms with Gasteiger partial charge in [0.15, 0.2) is 5.82 Å². The van der Waals surface area contributed by atoms with E-state index in [1.807, 2.05) is 13.8 Å². The van der Waals surface area contributed by atoms with Crippen LogP contribution in [0.15, 0.2) is 10.0 Å². The average molecular weight is 224 g/mol. The SMILES string of the molecule is Cc1ncsc1-c1nc(C(C)CN)no1. The molecule has 15 heavy (non-hydrogen) atoms. The number of nitrogens with zero attached hydrogens (tertiary/aromatic N) is 3. The summed E-state index contributed by atoms with van der Waals surface area (Å²) in [6.07, 6.45) is 0. The zero-order valence-electron chi connectivity index (χ0n) is 8.60. The van der Waals surface area contributed by atoms with E-state index in [2.05, 4.69) is 15.1 Å². The summed E-state index contributed by atoms with van der Waals surface area (Å²) in [5.74, 6) is 1.31. The summed E-state index contributed by atoms with van der Waals surface area (Å²) < 4.78 is 5.17. The largest absolute Gasteiger partial charge is 0.333 e. The van der Waals surface area contributed by atoms with Gasteiger partial charge in [0.05, 0.1) is 11.2 Å². The van der Waals surface area contributed by atoms with Crippen LogP contribution in [0.3, 0.4) is 0 Å². The van der Waals surface area contributed by atoms with Crippen molar-refractivity contribution in [2.75, 3.05) is 6.54 Å². The van der Waals surface area contributed by atoms with Crippen molar-refractivity contribution in [2.45, 2.75) is 19.8 Å². The Bertz CT molecular complexity index is 450. The van der Waals surface area contributed by atoms with Gasteiger partial charge in [-0.25, -0.2) is 4.98 Å². The second-order valence-corrected chi connectivity index (χ2v) is 4.22. The van der Waals surface area contributed by atoms with Crippen LogP contribution in [-0.4, -0.2) is 21.7 Å². The van der Waals surface area contributed by atoms with E-state index in [4.69, 9.17) is 10.3 Å². The molecule has 0 aliphatic carbocycles. The fourth-order valence-electron chi connectivity index (χ4n) is 1.14. The maximum atomic E-state index is 5.53. The molecule has 0 bridgehead atoms. The van der Waals surface area contributed by atoms with Gasteiger partial charge in [0.2, 0.25) is 0 Å². The molecule has 2 aromatic heterocycles. The highest BCUT2D eigenvalue weighted by molar-refractivity contribution is 7.13. The normalized spacial score (nSPS) is 13.0. The monoisotopic (exact) mass is 224 g/mol. The van der Waals surface area contributed by atoms with Crippen LogP contribution in [0.5, 0.6) is 0 Å². The molecule has 0 amide bonds. The van der Waals surface area contributed by atoms with Crippen molar-refractivity contribution in [3.8, 4) is 10.8 Å². The second kappa shape index (κ2) is 4.08. The minimum atomic E-state index is 0.121. The molecule has 0 aromatic carbocycles. The molecule has 0 aliphatic rings. The zero-order chi connectivity index (χ0) is 10.8. The molecule has 2 rings (SSSR count). The third kappa shape index (κ3) is 1.91. The predicted octanol–water partition coefficient (Wildman–Crippen LogP) is 1.56. The van der Waals surface area contributed by atoms with Gasteiger partial charge < -0.3 is 10.3 Å². The first kappa shape index (κ1) is 10.3. The van der Waals surface area contributed by atoms with Crippen LogP contribution in [0.25, 0.3) is 10.8 Å². The van der Waals surface area contributed by atoms with Crippen LogP contribution in [0.2, 0.25) is 0 Å². The average Bonchev–Trinajstić information content (AvgIpc) is 2.84. The van der Waals surface area contributed by atoms with Gasteiger partial charge in [-0.2, -0.15) is 4.98 Å². The molecular formula is C9H12N4OS. The van der Waals surface area contributed by atoms with Gasteiger partial charge in [-0.15, -0.1) is 11.3 Å². The third-order valence-corrected chi connectivity index (χ3v) is 3.09. The molecule has 0 saturated carbocycles. The molecule has 0 aliphatic heterocycles. The van der Waals surface area contributed by atoms with E-state index in [0.29, 0.717) is 18.3 Å². The summed E-state index contributed by atoms with van der Waals surface area (Å²) in [5.41, 5.74) is 8.21.